The Morgan fingerprint density at radius 1 is 1.17 bits per heavy atom. The van der Waals surface area contributed by atoms with Crippen molar-refractivity contribution in [2.75, 3.05) is 26.7 Å². The number of amides is 2. The number of piperidine rings is 1. The van der Waals surface area contributed by atoms with Crippen molar-refractivity contribution in [1.29, 1.82) is 0 Å². The number of hydrogen-bond donors (Lipinski definition) is 1. The van der Waals surface area contributed by atoms with Crippen molar-refractivity contribution >= 4 is 28.7 Å². The quantitative estimate of drug-likeness (QED) is 0.788. The van der Waals surface area contributed by atoms with Gasteiger partial charge in [0.25, 0.3) is 0 Å². The lowest BCUT2D eigenvalue weighted by Gasteiger charge is -2.37. The number of carbonyl (C=O) groups excluding carboxylic acids is 3. The van der Waals surface area contributed by atoms with Crippen molar-refractivity contribution in [3.05, 3.63) is 35.0 Å². The molecule has 7 heteroatoms. The fourth-order valence-corrected chi connectivity index (χ4v) is 4.65. The van der Waals surface area contributed by atoms with Gasteiger partial charge in [0.1, 0.15) is 0 Å². The second kappa shape index (κ2) is 8.13. The van der Waals surface area contributed by atoms with Crippen LogP contribution in [0, 0.1) is 11.8 Å². The van der Waals surface area contributed by atoms with Gasteiger partial charge < -0.3 is 19.5 Å². The lowest BCUT2D eigenvalue weighted by Crippen LogP contribution is -2.48. The summed E-state index contributed by atoms with van der Waals surface area (Å²) >= 11 is 0. The number of methoxy groups -OCH3 is 1. The highest BCUT2D eigenvalue weighted by molar-refractivity contribution is 5.96. The molecule has 2 aromatic rings. The minimum atomic E-state index is -0.368. The van der Waals surface area contributed by atoms with Gasteiger partial charge in [-0.1, -0.05) is 13.8 Å². The molecule has 0 saturated carbocycles. The van der Waals surface area contributed by atoms with E-state index in [1.807, 2.05) is 35.8 Å². The molecule has 0 bridgehead atoms. The molecule has 1 N–H and O–H groups in total. The molecule has 2 aliphatic rings. The van der Waals surface area contributed by atoms with Gasteiger partial charge in [0, 0.05) is 60.7 Å². The van der Waals surface area contributed by atoms with Gasteiger partial charge in [-0.3, -0.25) is 9.59 Å². The maximum Gasteiger partial charge on any atom is 0.337 e. The van der Waals surface area contributed by atoms with Crippen LogP contribution in [0.3, 0.4) is 0 Å². The number of nitrogens with zero attached hydrogens (tertiary/aromatic N) is 2. The molecule has 0 unspecified atom stereocenters. The molecule has 1 aromatic carbocycles. The smallest absolute Gasteiger partial charge is 0.337 e. The minimum Gasteiger partial charge on any atom is -0.465 e. The predicted octanol–water partition coefficient (Wildman–Crippen LogP) is 2.73. The Labute approximate surface area is 176 Å². The highest BCUT2D eigenvalue weighted by Crippen LogP contribution is 2.30. The summed E-state index contributed by atoms with van der Waals surface area (Å²) in [6.07, 6.45) is 2.44. The van der Waals surface area contributed by atoms with Crippen LogP contribution in [0.5, 0.6) is 0 Å². The number of aromatic amines is 1. The van der Waals surface area contributed by atoms with Crippen LogP contribution in [-0.2, 0) is 27.3 Å². The summed E-state index contributed by atoms with van der Waals surface area (Å²) in [5, 5.41) is 0.964. The molecule has 1 aromatic heterocycles. The third kappa shape index (κ3) is 3.68. The van der Waals surface area contributed by atoms with Crippen molar-refractivity contribution in [3.63, 3.8) is 0 Å². The van der Waals surface area contributed by atoms with E-state index in [0.29, 0.717) is 25.2 Å². The van der Waals surface area contributed by atoms with Gasteiger partial charge in [-0.2, -0.15) is 0 Å². The first kappa shape index (κ1) is 20.4. The first-order chi connectivity index (χ1) is 14.4. The second-order valence-corrected chi connectivity index (χ2v) is 8.62. The predicted molar refractivity (Wildman–Crippen MR) is 113 cm³/mol. The van der Waals surface area contributed by atoms with Gasteiger partial charge in [0.15, 0.2) is 0 Å². The normalized spacial score (nSPS) is 19.1. The van der Waals surface area contributed by atoms with Crippen LogP contribution >= 0.6 is 0 Å². The number of esters is 1. The zero-order valence-electron chi connectivity index (χ0n) is 17.9. The second-order valence-electron chi connectivity index (χ2n) is 8.62. The number of aromatic nitrogens is 1. The largest absolute Gasteiger partial charge is 0.465 e. The molecule has 30 heavy (non-hydrogen) atoms. The number of likely N-dealkylation sites (tertiary alicyclic amines) is 1. The van der Waals surface area contributed by atoms with Crippen LogP contribution in [0.25, 0.3) is 10.9 Å². The fourth-order valence-electron chi connectivity index (χ4n) is 4.65. The highest BCUT2D eigenvalue weighted by atomic mass is 16.5. The summed E-state index contributed by atoms with van der Waals surface area (Å²) < 4.78 is 4.84. The molecule has 1 saturated heterocycles. The number of fused-ring (bicyclic) bond motifs is 3. The van der Waals surface area contributed by atoms with E-state index in [4.69, 9.17) is 4.74 Å². The third-order valence-electron chi connectivity index (χ3n) is 6.28. The van der Waals surface area contributed by atoms with E-state index in [9.17, 15) is 14.4 Å². The summed E-state index contributed by atoms with van der Waals surface area (Å²) in [6, 6.07) is 5.48. The lowest BCUT2D eigenvalue weighted by atomic mass is 9.94. The van der Waals surface area contributed by atoms with E-state index in [1.54, 1.807) is 6.07 Å². The molecule has 2 amide bonds. The van der Waals surface area contributed by atoms with Crippen molar-refractivity contribution in [1.82, 2.24) is 14.8 Å². The van der Waals surface area contributed by atoms with Crippen LogP contribution < -0.4 is 0 Å². The average Bonchev–Trinajstić information content (AvgIpc) is 3.14. The van der Waals surface area contributed by atoms with E-state index in [2.05, 4.69) is 4.98 Å². The van der Waals surface area contributed by atoms with E-state index in [0.717, 1.165) is 48.0 Å². The summed E-state index contributed by atoms with van der Waals surface area (Å²) in [7, 11) is 1.37. The Hall–Kier alpha value is -2.83. The van der Waals surface area contributed by atoms with Gasteiger partial charge >= 0.3 is 5.97 Å². The summed E-state index contributed by atoms with van der Waals surface area (Å²) in [6.45, 7) is 6.24. The number of hydrogen-bond acceptors (Lipinski definition) is 4. The van der Waals surface area contributed by atoms with Crippen molar-refractivity contribution in [2.45, 2.75) is 39.7 Å². The van der Waals surface area contributed by atoms with Gasteiger partial charge in [0.05, 0.1) is 18.6 Å². The monoisotopic (exact) mass is 411 g/mol. The Balaban J connectivity index is 1.54. The molecule has 2 aliphatic heterocycles. The van der Waals surface area contributed by atoms with E-state index in [1.165, 1.54) is 7.11 Å². The number of carbonyl (C=O) groups is 3. The third-order valence-corrected chi connectivity index (χ3v) is 6.28. The highest BCUT2D eigenvalue weighted by Gasteiger charge is 2.33. The van der Waals surface area contributed by atoms with E-state index in [-0.39, 0.29) is 29.6 Å². The number of rotatable bonds is 3. The number of nitrogens with one attached hydrogen (secondary N) is 1. The van der Waals surface area contributed by atoms with Gasteiger partial charge in [0.2, 0.25) is 11.8 Å². The maximum absolute atomic E-state index is 13.3. The van der Waals surface area contributed by atoms with Gasteiger partial charge in [-0.05, 0) is 31.0 Å². The van der Waals surface area contributed by atoms with Crippen LogP contribution in [0.1, 0.15) is 48.3 Å². The SMILES string of the molecule is COC(=O)c1ccc2[nH]c3c(c2c1)CN(C(=O)[C@H]1CCCN(C(=O)C(C)C)C1)CC3. The molecule has 4 rings (SSSR count). The number of benzene rings is 1. The first-order valence-corrected chi connectivity index (χ1v) is 10.7. The van der Waals surface area contributed by atoms with Crippen LogP contribution in [-0.4, -0.2) is 59.3 Å². The summed E-state index contributed by atoms with van der Waals surface area (Å²) in [4.78, 5) is 44.8. The molecule has 7 nitrogen and oxygen atoms in total. The Morgan fingerprint density at radius 2 is 1.97 bits per heavy atom. The number of ether oxygens (including phenoxy) is 1. The zero-order valence-corrected chi connectivity index (χ0v) is 17.9. The molecule has 1 fully saturated rings. The Kier molecular flexibility index (Phi) is 5.54. The Morgan fingerprint density at radius 3 is 2.70 bits per heavy atom. The van der Waals surface area contributed by atoms with E-state index < -0.39 is 0 Å². The first-order valence-electron chi connectivity index (χ1n) is 10.7. The minimum absolute atomic E-state index is 0.0494. The topological polar surface area (TPSA) is 82.7 Å². The van der Waals surface area contributed by atoms with E-state index >= 15 is 0 Å². The maximum atomic E-state index is 13.3. The summed E-state index contributed by atoms with van der Waals surface area (Å²) in [5.74, 6) is -0.307. The number of H-pyrrole nitrogens is 1. The average molecular weight is 412 g/mol. The molecule has 0 aliphatic carbocycles. The zero-order chi connectivity index (χ0) is 21.4. The molecule has 3 heterocycles. The van der Waals surface area contributed by atoms with Crippen LogP contribution in [0.15, 0.2) is 18.2 Å². The van der Waals surface area contributed by atoms with Crippen LogP contribution in [0.2, 0.25) is 0 Å². The van der Waals surface area contributed by atoms with Crippen molar-refractivity contribution < 1.29 is 19.1 Å². The molecule has 1 atom stereocenters. The van der Waals surface area contributed by atoms with Crippen LogP contribution in [0.4, 0.5) is 0 Å². The van der Waals surface area contributed by atoms with Crippen molar-refractivity contribution in [2.24, 2.45) is 11.8 Å². The standard InChI is InChI=1S/C23H29N3O4/c1-14(2)21(27)25-9-4-5-16(12-25)22(28)26-10-8-20-18(13-26)17-11-15(23(29)30-3)6-7-19(17)24-20/h6-7,11,14,16,24H,4-5,8-10,12-13H2,1-3H3/t16-/m0/s1. The fraction of sp³-hybridized carbons (Fsp3) is 0.522. The molecular formula is C23H29N3O4. The molecular weight excluding hydrogens is 382 g/mol. The molecule has 0 radical (unpaired) electrons. The summed E-state index contributed by atoms with van der Waals surface area (Å²) in [5.41, 5.74) is 3.66. The molecule has 0 spiro atoms. The lowest BCUT2D eigenvalue weighted by molar-refractivity contribution is -0.142. The molecule has 160 valence electrons. The van der Waals surface area contributed by atoms with Crippen molar-refractivity contribution in [3.8, 4) is 0 Å². The Bertz CT molecular complexity index is 994. The van der Waals surface area contributed by atoms with Gasteiger partial charge in [-0.25, -0.2) is 4.79 Å². The van der Waals surface area contributed by atoms with Gasteiger partial charge in [-0.15, -0.1) is 0 Å².